The molecular formula is C15H15BrN2OS. The number of rotatable bonds is 4. The smallest absolute Gasteiger partial charge is 0.193 e. The molecule has 0 aliphatic heterocycles. The molecule has 2 heterocycles. The second-order valence-corrected chi connectivity index (χ2v) is 6.69. The topological polar surface area (TPSA) is 37.5 Å². The fraction of sp³-hybridized carbons (Fsp3) is 0.267. The minimum absolute atomic E-state index is 0.522. The Morgan fingerprint density at radius 1 is 1.45 bits per heavy atom. The molecule has 1 N–H and O–H groups in total. The van der Waals surface area contributed by atoms with E-state index in [1.54, 1.807) is 11.3 Å². The van der Waals surface area contributed by atoms with Crippen LogP contribution in [-0.4, -0.2) is 14.5 Å². The Morgan fingerprint density at radius 3 is 3.00 bits per heavy atom. The van der Waals surface area contributed by atoms with E-state index in [1.165, 1.54) is 0 Å². The number of nitrogens with zero attached hydrogens (tertiary/aromatic N) is 2. The molecule has 1 unspecified atom stereocenters. The summed E-state index contributed by atoms with van der Waals surface area (Å²) in [5.74, 6) is 0. The van der Waals surface area contributed by atoms with Crippen molar-refractivity contribution in [3.8, 4) is 0 Å². The molecule has 5 heteroatoms. The van der Waals surface area contributed by atoms with E-state index in [-0.39, 0.29) is 0 Å². The van der Waals surface area contributed by atoms with Gasteiger partial charge in [0.1, 0.15) is 0 Å². The number of halogens is 1. The molecule has 0 aliphatic carbocycles. The van der Waals surface area contributed by atoms with Crippen molar-refractivity contribution in [2.24, 2.45) is 0 Å². The lowest BCUT2D eigenvalue weighted by Crippen LogP contribution is -2.27. The molecule has 2 aromatic heterocycles. The zero-order valence-corrected chi connectivity index (χ0v) is 13.5. The van der Waals surface area contributed by atoms with Crippen molar-refractivity contribution in [3.63, 3.8) is 0 Å². The average molecular weight is 351 g/mol. The molecule has 1 atom stereocenters. The quantitative estimate of drug-likeness (QED) is 0.772. The van der Waals surface area contributed by atoms with E-state index >= 15 is 0 Å². The number of hydrogen-bond donors (Lipinski definition) is 1. The van der Waals surface area contributed by atoms with E-state index in [9.17, 15) is 5.11 Å². The molecule has 3 rings (SSSR count). The molecule has 3 aromatic rings. The van der Waals surface area contributed by atoms with Crippen molar-refractivity contribution >= 4 is 32.2 Å². The van der Waals surface area contributed by atoms with Crippen molar-refractivity contribution in [1.82, 2.24) is 9.38 Å². The number of thiazole rings is 1. The summed E-state index contributed by atoms with van der Waals surface area (Å²) in [6, 6.07) is 7.85. The summed E-state index contributed by atoms with van der Waals surface area (Å²) in [6.07, 6.45) is 5.15. The van der Waals surface area contributed by atoms with Gasteiger partial charge >= 0.3 is 0 Å². The average Bonchev–Trinajstić information content (AvgIpc) is 2.99. The number of aliphatic hydroxyl groups is 1. The molecule has 104 valence electrons. The zero-order valence-electron chi connectivity index (χ0n) is 11.1. The van der Waals surface area contributed by atoms with Gasteiger partial charge in [0.2, 0.25) is 0 Å². The van der Waals surface area contributed by atoms with Crippen LogP contribution in [0.1, 0.15) is 24.6 Å². The first-order chi connectivity index (χ1) is 9.60. The molecule has 0 saturated heterocycles. The first-order valence-electron chi connectivity index (χ1n) is 6.50. The van der Waals surface area contributed by atoms with E-state index in [2.05, 4.69) is 20.9 Å². The van der Waals surface area contributed by atoms with E-state index in [4.69, 9.17) is 0 Å². The monoisotopic (exact) mass is 350 g/mol. The molecule has 0 bridgehead atoms. The summed E-state index contributed by atoms with van der Waals surface area (Å²) in [6.45, 7) is 2.00. The van der Waals surface area contributed by atoms with Gasteiger partial charge in [-0.2, -0.15) is 0 Å². The Bertz CT molecular complexity index is 708. The van der Waals surface area contributed by atoms with Crippen LogP contribution in [0.15, 0.2) is 46.5 Å². The van der Waals surface area contributed by atoms with Gasteiger partial charge in [-0.1, -0.05) is 35.0 Å². The summed E-state index contributed by atoms with van der Waals surface area (Å²) in [4.78, 5) is 5.53. The van der Waals surface area contributed by atoms with Gasteiger partial charge in [0.15, 0.2) is 4.96 Å². The Hall–Kier alpha value is -1.17. The van der Waals surface area contributed by atoms with E-state index < -0.39 is 5.60 Å². The van der Waals surface area contributed by atoms with Gasteiger partial charge in [0.05, 0.1) is 11.3 Å². The van der Waals surface area contributed by atoms with Crippen LogP contribution in [0.3, 0.4) is 0 Å². The number of hydrogen-bond acceptors (Lipinski definition) is 3. The van der Waals surface area contributed by atoms with Gasteiger partial charge in [-0.05, 0) is 24.1 Å². The van der Waals surface area contributed by atoms with Gasteiger partial charge in [-0.15, -0.1) is 11.3 Å². The number of benzene rings is 1. The van der Waals surface area contributed by atoms with Gasteiger partial charge < -0.3 is 5.11 Å². The fourth-order valence-corrected chi connectivity index (χ4v) is 3.49. The van der Waals surface area contributed by atoms with Gasteiger partial charge in [-0.25, -0.2) is 4.98 Å². The van der Waals surface area contributed by atoms with Gasteiger partial charge in [0, 0.05) is 28.7 Å². The summed E-state index contributed by atoms with van der Waals surface area (Å²) in [5.41, 5.74) is 0.959. The van der Waals surface area contributed by atoms with Crippen LogP contribution >= 0.6 is 27.3 Å². The molecular weight excluding hydrogens is 336 g/mol. The Balaban J connectivity index is 1.94. The minimum Gasteiger partial charge on any atom is -0.385 e. The molecule has 0 amide bonds. The molecule has 3 nitrogen and oxygen atoms in total. The zero-order chi connectivity index (χ0) is 14.2. The molecule has 0 fully saturated rings. The van der Waals surface area contributed by atoms with E-state index in [1.807, 2.05) is 53.4 Å². The first kappa shape index (κ1) is 13.8. The summed E-state index contributed by atoms with van der Waals surface area (Å²) >= 11 is 5.06. The van der Waals surface area contributed by atoms with Crippen molar-refractivity contribution in [2.75, 3.05) is 0 Å². The van der Waals surface area contributed by atoms with Gasteiger partial charge in [0.25, 0.3) is 0 Å². The fourth-order valence-electron chi connectivity index (χ4n) is 2.37. The third-order valence-corrected chi connectivity index (χ3v) is 4.83. The summed E-state index contributed by atoms with van der Waals surface area (Å²) in [7, 11) is 0. The maximum absolute atomic E-state index is 11.0. The van der Waals surface area contributed by atoms with Crippen molar-refractivity contribution < 1.29 is 5.11 Å². The second kappa shape index (κ2) is 5.31. The predicted molar refractivity (Wildman–Crippen MR) is 85.1 cm³/mol. The van der Waals surface area contributed by atoms with Crippen LogP contribution in [-0.2, 0) is 12.0 Å². The van der Waals surface area contributed by atoms with Gasteiger partial charge in [-0.3, -0.25) is 4.40 Å². The predicted octanol–water partition coefficient (Wildman–Crippen LogP) is 4.00. The number of imidazole rings is 1. The first-order valence-corrected chi connectivity index (χ1v) is 8.17. The highest BCUT2D eigenvalue weighted by Gasteiger charge is 2.29. The molecule has 20 heavy (non-hydrogen) atoms. The lowest BCUT2D eigenvalue weighted by molar-refractivity contribution is 0.0318. The highest BCUT2D eigenvalue weighted by molar-refractivity contribution is 9.10. The SMILES string of the molecule is CCC(O)(Cc1cn2ccsc2n1)c1cccc(Br)c1. The molecule has 0 saturated carbocycles. The minimum atomic E-state index is -0.881. The maximum atomic E-state index is 11.0. The number of fused-ring (bicyclic) bond motifs is 1. The Kier molecular flexibility index (Phi) is 3.67. The molecule has 0 radical (unpaired) electrons. The molecule has 1 aromatic carbocycles. The lowest BCUT2D eigenvalue weighted by Gasteiger charge is -2.26. The van der Waals surface area contributed by atoms with E-state index in [0.717, 1.165) is 20.7 Å². The second-order valence-electron chi connectivity index (χ2n) is 4.90. The number of aromatic nitrogens is 2. The van der Waals surface area contributed by atoms with Crippen LogP contribution in [0, 0.1) is 0 Å². The van der Waals surface area contributed by atoms with Crippen molar-refractivity contribution in [3.05, 3.63) is 57.8 Å². The third kappa shape index (κ3) is 2.53. The molecule has 0 spiro atoms. The summed E-state index contributed by atoms with van der Waals surface area (Å²) in [5, 5.41) is 13.0. The standard InChI is InChI=1S/C15H15BrN2OS/c1-2-15(19,11-4-3-5-12(16)8-11)9-13-10-18-6-7-20-14(18)17-13/h3-8,10,19H,2,9H2,1H3. The van der Waals surface area contributed by atoms with Crippen LogP contribution in [0.5, 0.6) is 0 Å². The van der Waals surface area contributed by atoms with Crippen LogP contribution in [0.25, 0.3) is 4.96 Å². The highest BCUT2D eigenvalue weighted by atomic mass is 79.9. The third-order valence-electron chi connectivity index (χ3n) is 3.56. The Labute approximate surface area is 130 Å². The van der Waals surface area contributed by atoms with Crippen LogP contribution in [0.2, 0.25) is 0 Å². The highest BCUT2D eigenvalue weighted by Crippen LogP contribution is 2.31. The van der Waals surface area contributed by atoms with E-state index in [0.29, 0.717) is 12.8 Å². The Morgan fingerprint density at radius 2 is 2.30 bits per heavy atom. The van der Waals surface area contributed by atoms with Crippen molar-refractivity contribution in [1.29, 1.82) is 0 Å². The largest absolute Gasteiger partial charge is 0.385 e. The lowest BCUT2D eigenvalue weighted by atomic mass is 9.87. The maximum Gasteiger partial charge on any atom is 0.193 e. The normalized spacial score (nSPS) is 14.6. The van der Waals surface area contributed by atoms with Crippen LogP contribution < -0.4 is 0 Å². The van der Waals surface area contributed by atoms with Crippen LogP contribution in [0.4, 0.5) is 0 Å². The molecule has 0 aliphatic rings. The summed E-state index contributed by atoms with van der Waals surface area (Å²) < 4.78 is 2.98. The van der Waals surface area contributed by atoms with Crippen molar-refractivity contribution in [2.45, 2.75) is 25.4 Å².